The number of aromatic nitrogens is 1. The van der Waals surface area contributed by atoms with Crippen LogP contribution in [0.1, 0.15) is 51.0 Å². The molecule has 1 aliphatic carbocycles. The van der Waals surface area contributed by atoms with Crippen molar-refractivity contribution in [3.05, 3.63) is 198 Å². The number of hydrogen-bond acceptors (Lipinski definition) is 1. The van der Waals surface area contributed by atoms with Crippen LogP contribution < -0.4 is 4.74 Å². The van der Waals surface area contributed by atoms with Crippen LogP contribution in [0.2, 0.25) is 0 Å². The fourth-order valence-electron chi connectivity index (χ4n) is 7.49. The molecule has 9 aromatic rings. The summed E-state index contributed by atoms with van der Waals surface area (Å²) in [7, 11) is 0. The second-order valence-electron chi connectivity index (χ2n) is 11.6. The number of hydrogen-bond donors (Lipinski definition) is 0. The molecule has 0 bridgehead atoms. The third kappa shape index (κ3) is 3.45. The maximum Gasteiger partial charge on any atom is 0.132 e. The van der Waals surface area contributed by atoms with Gasteiger partial charge in [-0.3, -0.25) is 0 Å². The minimum Gasteiger partial charge on any atom is -0.457 e. The van der Waals surface area contributed by atoms with Gasteiger partial charge in [0, 0.05) is 33.0 Å². The van der Waals surface area contributed by atoms with E-state index in [1.807, 2.05) is 0 Å². The Bertz CT molecular complexity index is 3940. The van der Waals surface area contributed by atoms with E-state index in [4.69, 9.17) is 19.8 Å². The molecule has 2 heteroatoms. The summed E-state index contributed by atoms with van der Waals surface area (Å²) in [6.45, 7) is 0. The fraction of sp³-hybridized carbons (Fsp3) is 0.0213. The molecule has 228 valence electrons. The van der Waals surface area contributed by atoms with Gasteiger partial charge >= 0.3 is 0 Å². The van der Waals surface area contributed by atoms with Crippen LogP contribution in [0.15, 0.2) is 175 Å². The highest BCUT2D eigenvalue weighted by Crippen LogP contribution is 2.62. The number of ether oxygens (including phenoxy) is 1. The Balaban J connectivity index is 1.44. The third-order valence-corrected chi connectivity index (χ3v) is 9.32. The first-order valence-electron chi connectivity index (χ1n) is 25.7. The smallest absolute Gasteiger partial charge is 0.132 e. The van der Waals surface area contributed by atoms with Crippen LogP contribution in [0, 0.1) is 0 Å². The molecule has 1 aliphatic heterocycles. The first kappa shape index (κ1) is 13.6. The van der Waals surface area contributed by atoms with Crippen LogP contribution in [-0.4, -0.2) is 4.57 Å². The van der Waals surface area contributed by atoms with Crippen molar-refractivity contribution in [1.82, 2.24) is 4.57 Å². The number of rotatable bonds is 2. The Morgan fingerprint density at radius 1 is 0.510 bits per heavy atom. The first-order valence-corrected chi connectivity index (χ1v) is 15.2. The van der Waals surface area contributed by atoms with Gasteiger partial charge in [0.15, 0.2) is 0 Å². The molecule has 0 radical (unpaired) electrons. The Labute approximate surface area is 313 Å². The second kappa shape index (κ2) is 9.82. The largest absolute Gasteiger partial charge is 0.457 e. The predicted molar refractivity (Wildman–Crippen MR) is 201 cm³/mol. The van der Waals surface area contributed by atoms with Gasteiger partial charge in [-0.1, -0.05) is 139 Å². The molecule has 11 rings (SSSR count). The van der Waals surface area contributed by atoms with E-state index in [1.54, 1.807) is 48.5 Å². The summed E-state index contributed by atoms with van der Waals surface area (Å²) in [5.74, 6) is -0.826. The minimum absolute atomic E-state index is 0.135. The van der Waals surface area contributed by atoms with E-state index in [9.17, 15) is 13.7 Å². The zero-order valence-electron chi connectivity index (χ0n) is 46.0. The second-order valence-corrected chi connectivity index (χ2v) is 11.6. The SMILES string of the molecule is [2H]c1c([2H])c([2H])c(-n2c3c([2H])c([2H])c([2H])c(-c4c([2H])c([2H])c5c(c4[2H])C4(c6ccccc6-c6ccccc64)c4c([2H])c([2H])c([2H])c([2H])c4O5)c3c3c([2H])c([2H])c4c([2H])c([2H])c([2H])c([2H])c4c32)c([2H])c1[2H]. The van der Waals surface area contributed by atoms with Gasteiger partial charge in [-0.2, -0.15) is 0 Å². The fourth-order valence-corrected chi connectivity index (χ4v) is 7.49. The van der Waals surface area contributed by atoms with E-state index < -0.39 is 187 Å². The molecule has 0 amide bonds. The number of benzene rings is 8. The molecule has 2 nitrogen and oxygen atoms in total. The molecule has 2 aliphatic rings. The lowest BCUT2D eigenvalue weighted by atomic mass is 9.65. The molecule has 0 saturated heterocycles. The third-order valence-electron chi connectivity index (χ3n) is 9.32. The van der Waals surface area contributed by atoms with Gasteiger partial charge in [0.1, 0.15) is 11.5 Å². The predicted octanol–water partition coefficient (Wildman–Crippen LogP) is 12.1. The van der Waals surface area contributed by atoms with Gasteiger partial charge in [0.2, 0.25) is 0 Å². The Kier molecular flexibility index (Phi) is 2.73. The van der Waals surface area contributed by atoms with Crippen molar-refractivity contribution in [2.24, 2.45) is 0 Å². The maximum atomic E-state index is 10.4. The van der Waals surface area contributed by atoms with E-state index in [2.05, 4.69) is 0 Å². The lowest BCUT2D eigenvalue weighted by Crippen LogP contribution is -2.32. The lowest BCUT2D eigenvalue weighted by Gasteiger charge is -2.39. The number of para-hydroxylation sites is 2. The molecule has 8 aromatic carbocycles. The maximum absolute atomic E-state index is 10.4. The molecule has 0 N–H and O–H groups in total. The Hall–Kier alpha value is -6.38. The molecule has 0 saturated carbocycles. The van der Waals surface area contributed by atoms with Crippen molar-refractivity contribution in [1.29, 1.82) is 0 Å². The van der Waals surface area contributed by atoms with Crippen LogP contribution in [-0.2, 0) is 5.41 Å². The number of fused-ring (bicyclic) bond motifs is 14. The summed E-state index contributed by atoms with van der Waals surface area (Å²) < 4.78 is 200. The van der Waals surface area contributed by atoms with Crippen molar-refractivity contribution in [3.63, 3.8) is 0 Å². The van der Waals surface area contributed by atoms with E-state index in [1.165, 1.54) is 0 Å². The van der Waals surface area contributed by atoms with E-state index in [-0.39, 0.29) is 16.9 Å². The molecule has 1 aromatic heterocycles. The standard InChI is InChI=1S/C47H29NO/c1-2-14-32(15-3-1)48-42-23-12-19-33(45(42)37-27-25-30-13-4-5-16-34(30)46(37)48)31-26-28-44-41(29-31)47(40-22-10-11-24-43(40)49-44)38-20-8-6-17-35(38)36-18-7-9-21-39(36)47/h1-29H/i1D,2D,3D,4D,5D,10D,11D,12D,13D,14D,15D,16D,19D,22D,23D,24D,25D,26D,27D,28D,29D. The molecule has 2 heterocycles. The average molecular weight is 645 g/mol. The summed E-state index contributed by atoms with van der Waals surface area (Å²) in [6.07, 6.45) is 0. The van der Waals surface area contributed by atoms with Gasteiger partial charge in [0.25, 0.3) is 0 Å². The van der Waals surface area contributed by atoms with Crippen molar-refractivity contribution in [2.75, 3.05) is 0 Å². The zero-order chi connectivity index (χ0) is 50.4. The molecule has 49 heavy (non-hydrogen) atoms. The lowest BCUT2D eigenvalue weighted by molar-refractivity contribution is 0.436. The van der Waals surface area contributed by atoms with E-state index >= 15 is 0 Å². The van der Waals surface area contributed by atoms with Crippen LogP contribution in [0.5, 0.6) is 11.5 Å². The highest BCUT2D eigenvalue weighted by Gasteiger charge is 2.51. The molecule has 0 unspecified atom stereocenters. The quantitative estimate of drug-likeness (QED) is 0.183. The highest BCUT2D eigenvalue weighted by molar-refractivity contribution is 6.22. The molecular formula is C47H29NO. The van der Waals surface area contributed by atoms with Crippen LogP contribution in [0.4, 0.5) is 0 Å². The van der Waals surface area contributed by atoms with Crippen LogP contribution in [0.3, 0.4) is 0 Å². The summed E-state index contributed by atoms with van der Waals surface area (Å²) in [6, 6.07) is -2.59. The topological polar surface area (TPSA) is 14.2 Å². The number of nitrogens with zero attached hydrogens (tertiary/aromatic N) is 1. The Morgan fingerprint density at radius 3 is 2.06 bits per heavy atom. The van der Waals surface area contributed by atoms with Crippen LogP contribution in [0.25, 0.3) is 60.5 Å². The van der Waals surface area contributed by atoms with Gasteiger partial charge in [-0.25, -0.2) is 0 Å². The first-order chi connectivity index (χ1) is 33.1. The summed E-state index contributed by atoms with van der Waals surface area (Å²) >= 11 is 0. The Morgan fingerprint density at radius 2 is 1.22 bits per heavy atom. The minimum atomic E-state index is -1.92. The zero-order valence-corrected chi connectivity index (χ0v) is 25.0. The van der Waals surface area contributed by atoms with Gasteiger partial charge in [0.05, 0.1) is 45.2 Å². The van der Waals surface area contributed by atoms with E-state index in [0.29, 0.717) is 22.3 Å². The summed E-state index contributed by atoms with van der Waals surface area (Å²) in [5, 5.41) is -1.96. The summed E-state index contributed by atoms with van der Waals surface area (Å²) in [5.41, 5.74) is -3.23. The normalized spacial score (nSPS) is 19.6. The van der Waals surface area contributed by atoms with Crippen molar-refractivity contribution in [3.8, 4) is 39.4 Å². The van der Waals surface area contributed by atoms with Gasteiger partial charge in [-0.05, 0) is 75.0 Å². The van der Waals surface area contributed by atoms with Crippen molar-refractivity contribution >= 4 is 32.6 Å². The average Bonchev–Trinajstić information content (AvgIpc) is 3.84. The molecule has 0 atom stereocenters. The van der Waals surface area contributed by atoms with Crippen molar-refractivity contribution in [2.45, 2.75) is 5.41 Å². The van der Waals surface area contributed by atoms with Crippen LogP contribution >= 0.6 is 0 Å². The molecule has 0 fully saturated rings. The van der Waals surface area contributed by atoms with Gasteiger partial charge < -0.3 is 9.30 Å². The summed E-state index contributed by atoms with van der Waals surface area (Å²) in [4.78, 5) is 0. The van der Waals surface area contributed by atoms with Gasteiger partial charge in [-0.15, -0.1) is 0 Å². The molecular weight excluding hydrogens is 595 g/mol. The van der Waals surface area contributed by atoms with E-state index in [0.717, 1.165) is 4.57 Å². The monoisotopic (exact) mass is 644 g/mol. The highest BCUT2D eigenvalue weighted by atomic mass is 16.5. The van der Waals surface area contributed by atoms with Crippen molar-refractivity contribution < 1.29 is 33.5 Å². The molecule has 1 spiro atoms.